The number of rotatable bonds is 7. The van der Waals surface area contributed by atoms with Crippen LogP contribution in [-0.4, -0.2) is 27.8 Å². The third-order valence-corrected chi connectivity index (χ3v) is 5.57. The molecule has 0 aliphatic heterocycles. The number of anilines is 1. The van der Waals surface area contributed by atoms with Crippen molar-refractivity contribution in [3.63, 3.8) is 0 Å². The molecule has 3 aromatic rings. The number of halogens is 1. The van der Waals surface area contributed by atoms with E-state index in [1.165, 1.54) is 16.9 Å². The number of amides is 1. The van der Waals surface area contributed by atoms with Gasteiger partial charge >= 0.3 is 0 Å². The largest absolute Gasteiger partial charge is 0.492 e. The zero-order chi connectivity index (χ0) is 20.6. The fourth-order valence-electron chi connectivity index (χ4n) is 2.47. The Morgan fingerprint density at radius 2 is 2.00 bits per heavy atom. The van der Waals surface area contributed by atoms with Crippen molar-refractivity contribution in [1.82, 2.24) is 15.5 Å². The van der Waals surface area contributed by atoms with Gasteiger partial charge in [0.05, 0.1) is 12.2 Å². The minimum atomic E-state index is -0.362. The lowest BCUT2D eigenvalue weighted by molar-refractivity contribution is 0.0973. The molecular formula is C20H19BrN4O2S2. The second-order valence-corrected chi connectivity index (χ2v) is 8.37. The molecule has 2 N–H and O–H groups in total. The minimum absolute atomic E-state index is 0.156. The molecule has 9 heteroatoms. The number of nitrogens with one attached hydrogen (secondary N) is 2. The summed E-state index contributed by atoms with van der Waals surface area (Å²) in [5.74, 6) is 0.132. The molecule has 1 heterocycles. The van der Waals surface area contributed by atoms with E-state index in [-0.39, 0.29) is 11.0 Å². The number of aromatic nitrogens is 2. The minimum Gasteiger partial charge on any atom is -0.492 e. The summed E-state index contributed by atoms with van der Waals surface area (Å²) >= 11 is 10.0. The molecule has 3 rings (SSSR count). The molecule has 29 heavy (non-hydrogen) atoms. The number of hydrogen-bond acceptors (Lipinski definition) is 6. The molecule has 0 radical (unpaired) electrons. The van der Waals surface area contributed by atoms with E-state index in [1.807, 2.05) is 43.3 Å². The van der Waals surface area contributed by atoms with Crippen molar-refractivity contribution in [2.75, 3.05) is 11.9 Å². The number of carbonyl (C=O) groups excluding carboxylic acids is 1. The normalized spacial score (nSPS) is 10.4. The van der Waals surface area contributed by atoms with E-state index in [1.54, 1.807) is 12.1 Å². The van der Waals surface area contributed by atoms with Gasteiger partial charge < -0.3 is 10.1 Å². The summed E-state index contributed by atoms with van der Waals surface area (Å²) in [7, 11) is 0. The number of carbonyl (C=O) groups is 1. The molecule has 2 aromatic carbocycles. The third-order valence-electron chi connectivity index (χ3n) is 3.89. The van der Waals surface area contributed by atoms with Crippen LogP contribution in [0.1, 0.15) is 27.9 Å². The van der Waals surface area contributed by atoms with E-state index in [0.29, 0.717) is 23.1 Å². The summed E-state index contributed by atoms with van der Waals surface area (Å²) in [6.45, 7) is 2.45. The summed E-state index contributed by atoms with van der Waals surface area (Å²) in [6.07, 6.45) is 1.54. The van der Waals surface area contributed by atoms with Gasteiger partial charge in [0.1, 0.15) is 10.8 Å². The van der Waals surface area contributed by atoms with Crippen LogP contribution in [0.4, 0.5) is 5.13 Å². The third kappa shape index (κ3) is 6.31. The van der Waals surface area contributed by atoms with Crippen molar-refractivity contribution < 1.29 is 9.53 Å². The first kappa shape index (κ1) is 21.4. The van der Waals surface area contributed by atoms with Crippen molar-refractivity contribution in [2.24, 2.45) is 0 Å². The van der Waals surface area contributed by atoms with Crippen LogP contribution in [-0.2, 0) is 12.8 Å². The molecule has 0 fully saturated rings. The number of hydrogen-bond donors (Lipinski definition) is 2. The lowest BCUT2D eigenvalue weighted by Gasteiger charge is -2.13. The molecule has 0 aliphatic carbocycles. The lowest BCUT2D eigenvalue weighted by Crippen LogP contribution is -2.34. The number of thiocarbonyl (C=S) groups is 1. The Labute approximate surface area is 186 Å². The molecular weight excluding hydrogens is 472 g/mol. The Kier molecular flexibility index (Phi) is 7.68. The van der Waals surface area contributed by atoms with Crippen molar-refractivity contribution in [3.8, 4) is 5.75 Å². The van der Waals surface area contributed by atoms with Gasteiger partial charge in [0.2, 0.25) is 5.13 Å². The van der Waals surface area contributed by atoms with Gasteiger partial charge in [-0.3, -0.25) is 10.1 Å². The van der Waals surface area contributed by atoms with Crippen LogP contribution in [0, 0.1) is 0 Å². The highest BCUT2D eigenvalue weighted by molar-refractivity contribution is 9.10. The standard InChI is InChI=1S/C20H19BrN4O2S2/c1-2-17-24-25-20(29-17)23-19(28)22-18(26)15-12-14(21)8-9-16(15)27-11-10-13-6-4-3-5-7-13/h3-9,12H,2,10-11H2,1H3,(H2,22,23,25,26,28). The van der Waals surface area contributed by atoms with Crippen LogP contribution in [0.5, 0.6) is 5.75 Å². The summed E-state index contributed by atoms with van der Waals surface area (Å²) in [5, 5.41) is 15.2. The highest BCUT2D eigenvalue weighted by Crippen LogP contribution is 2.24. The Hall–Kier alpha value is -2.36. The maximum atomic E-state index is 12.7. The van der Waals surface area contributed by atoms with Crippen molar-refractivity contribution in [1.29, 1.82) is 0 Å². The van der Waals surface area contributed by atoms with Gasteiger partial charge in [-0.25, -0.2) is 0 Å². The van der Waals surface area contributed by atoms with E-state index in [4.69, 9.17) is 17.0 Å². The maximum Gasteiger partial charge on any atom is 0.261 e. The highest BCUT2D eigenvalue weighted by atomic mass is 79.9. The van der Waals surface area contributed by atoms with Gasteiger partial charge in [0.15, 0.2) is 5.11 Å². The van der Waals surface area contributed by atoms with Gasteiger partial charge in [0.25, 0.3) is 5.91 Å². The van der Waals surface area contributed by atoms with E-state index < -0.39 is 0 Å². The summed E-state index contributed by atoms with van der Waals surface area (Å²) in [5.41, 5.74) is 1.56. The molecule has 0 unspecified atom stereocenters. The molecule has 0 aliphatic rings. The van der Waals surface area contributed by atoms with Gasteiger partial charge in [-0.2, -0.15) is 0 Å². The van der Waals surface area contributed by atoms with Crippen LogP contribution in [0.3, 0.4) is 0 Å². The molecule has 150 valence electrons. The topological polar surface area (TPSA) is 76.1 Å². The zero-order valence-electron chi connectivity index (χ0n) is 15.6. The molecule has 0 saturated heterocycles. The number of nitrogens with zero attached hydrogens (tertiary/aromatic N) is 2. The van der Waals surface area contributed by atoms with Crippen LogP contribution >= 0.6 is 39.5 Å². The molecule has 0 bridgehead atoms. The van der Waals surface area contributed by atoms with E-state index in [2.05, 4.69) is 36.8 Å². The summed E-state index contributed by atoms with van der Waals surface area (Å²) in [6, 6.07) is 15.3. The van der Waals surface area contributed by atoms with Gasteiger partial charge in [-0.1, -0.05) is 64.5 Å². The average molecular weight is 491 g/mol. The van der Waals surface area contributed by atoms with Crippen LogP contribution in [0.15, 0.2) is 53.0 Å². The summed E-state index contributed by atoms with van der Waals surface area (Å²) in [4.78, 5) is 12.7. The second-order valence-electron chi connectivity index (χ2n) is 5.99. The quantitative estimate of drug-likeness (QED) is 0.470. The number of ether oxygens (including phenoxy) is 1. The molecule has 0 spiro atoms. The summed E-state index contributed by atoms with van der Waals surface area (Å²) < 4.78 is 6.64. The predicted molar refractivity (Wildman–Crippen MR) is 123 cm³/mol. The molecule has 1 aromatic heterocycles. The number of aryl methyl sites for hydroxylation is 1. The Morgan fingerprint density at radius 3 is 2.72 bits per heavy atom. The smallest absolute Gasteiger partial charge is 0.261 e. The van der Waals surface area contributed by atoms with E-state index in [0.717, 1.165) is 22.3 Å². The number of benzene rings is 2. The van der Waals surface area contributed by atoms with Crippen molar-refractivity contribution in [3.05, 3.63) is 69.1 Å². The first-order valence-corrected chi connectivity index (χ1v) is 11.0. The van der Waals surface area contributed by atoms with Crippen LogP contribution in [0.2, 0.25) is 0 Å². The van der Waals surface area contributed by atoms with Crippen molar-refractivity contribution >= 4 is 55.6 Å². The molecule has 1 amide bonds. The van der Waals surface area contributed by atoms with Gasteiger partial charge in [-0.05, 0) is 42.4 Å². The first-order chi connectivity index (χ1) is 14.0. The fourth-order valence-corrected chi connectivity index (χ4v) is 3.77. The van der Waals surface area contributed by atoms with E-state index >= 15 is 0 Å². The van der Waals surface area contributed by atoms with E-state index in [9.17, 15) is 4.79 Å². The van der Waals surface area contributed by atoms with Crippen LogP contribution in [0.25, 0.3) is 0 Å². The first-order valence-electron chi connectivity index (χ1n) is 8.96. The molecule has 6 nitrogen and oxygen atoms in total. The van der Waals surface area contributed by atoms with Gasteiger partial charge in [-0.15, -0.1) is 10.2 Å². The molecule has 0 saturated carbocycles. The second kappa shape index (κ2) is 10.4. The SMILES string of the molecule is CCc1nnc(NC(=S)NC(=O)c2cc(Br)ccc2OCCc2ccccc2)s1. The highest BCUT2D eigenvalue weighted by Gasteiger charge is 2.16. The maximum absolute atomic E-state index is 12.7. The lowest BCUT2D eigenvalue weighted by atomic mass is 10.1. The Morgan fingerprint density at radius 1 is 1.21 bits per heavy atom. The Bertz CT molecular complexity index is 995. The van der Waals surface area contributed by atoms with Gasteiger partial charge in [0, 0.05) is 10.9 Å². The average Bonchev–Trinajstić information content (AvgIpc) is 3.17. The molecule has 0 atom stereocenters. The Balaban J connectivity index is 1.62. The predicted octanol–water partition coefficient (Wildman–Crippen LogP) is 4.61. The van der Waals surface area contributed by atoms with Crippen LogP contribution < -0.4 is 15.4 Å². The fraction of sp³-hybridized carbons (Fsp3) is 0.200. The zero-order valence-corrected chi connectivity index (χ0v) is 18.9. The van der Waals surface area contributed by atoms with Crippen molar-refractivity contribution in [2.45, 2.75) is 19.8 Å². The monoisotopic (exact) mass is 490 g/mol.